The highest BCUT2D eigenvalue weighted by molar-refractivity contribution is 5.84. The van der Waals surface area contributed by atoms with Gasteiger partial charge in [0.25, 0.3) is 0 Å². The first-order chi connectivity index (χ1) is 19.3. The van der Waals surface area contributed by atoms with Gasteiger partial charge in [0, 0.05) is 27.6 Å². The summed E-state index contributed by atoms with van der Waals surface area (Å²) in [5.74, 6) is 0.533. The zero-order valence-electron chi connectivity index (χ0n) is 23.9. The molecule has 2 heteroatoms. The third kappa shape index (κ3) is 3.40. The molecule has 1 saturated carbocycles. The first-order valence-corrected chi connectivity index (χ1v) is 12.6. The smallest absolute Gasteiger partial charge is 0.160 e. The van der Waals surface area contributed by atoms with E-state index in [0.717, 1.165) is 44.8 Å². The minimum Gasteiger partial charge on any atom is -0.228 e. The third-order valence-electron chi connectivity index (χ3n) is 7.30. The molecular formula is C34H28N2. The van der Waals surface area contributed by atoms with Crippen LogP contribution in [0.5, 0.6) is 0 Å². The van der Waals surface area contributed by atoms with Crippen molar-refractivity contribution in [2.45, 2.75) is 37.4 Å². The third-order valence-corrected chi connectivity index (χ3v) is 7.30. The Morgan fingerprint density at radius 1 is 0.528 bits per heavy atom. The maximum Gasteiger partial charge on any atom is 0.160 e. The average Bonchev–Trinajstić information content (AvgIpc) is 3.29. The fourth-order valence-corrected chi connectivity index (χ4v) is 5.59. The minimum absolute atomic E-state index is 0.308. The van der Waals surface area contributed by atoms with Crippen LogP contribution in [0.25, 0.3) is 45.0 Å². The molecule has 2 nitrogen and oxygen atoms in total. The molecule has 1 fully saturated rings. The van der Waals surface area contributed by atoms with E-state index < -0.39 is 18.2 Å². The van der Waals surface area contributed by atoms with Crippen LogP contribution in [0.15, 0.2) is 109 Å². The second kappa shape index (κ2) is 8.57. The molecule has 0 unspecified atom stereocenters. The molecule has 4 aromatic carbocycles. The molecule has 0 N–H and O–H groups in total. The highest BCUT2D eigenvalue weighted by atomic mass is 14.9. The Morgan fingerprint density at radius 3 is 1.78 bits per heavy atom. The molecule has 0 aliphatic heterocycles. The van der Waals surface area contributed by atoms with Gasteiger partial charge in [0.2, 0.25) is 0 Å². The van der Waals surface area contributed by atoms with Crippen molar-refractivity contribution in [3.05, 3.63) is 120 Å². The van der Waals surface area contributed by atoms with Crippen molar-refractivity contribution in [3.8, 4) is 45.0 Å². The van der Waals surface area contributed by atoms with Crippen LogP contribution in [0.3, 0.4) is 0 Å². The van der Waals surface area contributed by atoms with E-state index in [1.807, 2.05) is 109 Å². The SMILES string of the molecule is [2H]C1([2H])CCCC([2H])([2H])C12c1ccccc1-c1ccc(-c3nc(-c4ccccc4)cc(-c4ccccc4)n3)cc12. The number of rotatable bonds is 3. The summed E-state index contributed by atoms with van der Waals surface area (Å²) < 4.78 is 37.0. The lowest BCUT2D eigenvalue weighted by atomic mass is 9.67. The van der Waals surface area contributed by atoms with Gasteiger partial charge in [-0.1, -0.05) is 116 Å². The van der Waals surface area contributed by atoms with Crippen LogP contribution in [0.4, 0.5) is 0 Å². The van der Waals surface area contributed by atoms with Gasteiger partial charge >= 0.3 is 0 Å². The first-order valence-electron chi connectivity index (χ1n) is 14.6. The van der Waals surface area contributed by atoms with Crippen molar-refractivity contribution in [2.24, 2.45) is 0 Å². The van der Waals surface area contributed by atoms with Crippen molar-refractivity contribution in [3.63, 3.8) is 0 Å². The summed E-state index contributed by atoms with van der Waals surface area (Å²) in [5.41, 5.74) is 6.10. The van der Waals surface area contributed by atoms with Crippen LogP contribution in [0.1, 0.15) is 48.6 Å². The Balaban J connectivity index is 1.48. The summed E-state index contributed by atoms with van der Waals surface area (Å²) in [6.45, 7) is 0. The second-order valence-electron chi connectivity index (χ2n) is 9.46. The maximum absolute atomic E-state index is 9.25. The Morgan fingerprint density at radius 2 is 1.11 bits per heavy atom. The van der Waals surface area contributed by atoms with Gasteiger partial charge in [-0.25, -0.2) is 9.97 Å². The molecule has 1 aromatic heterocycles. The lowest BCUT2D eigenvalue weighted by molar-refractivity contribution is 0.353. The number of hydrogen-bond donors (Lipinski definition) is 0. The van der Waals surface area contributed by atoms with Crippen molar-refractivity contribution < 1.29 is 5.48 Å². The zero-order chi connectivity index (χ0) is 27.5. The Kier molecular flexibility index (Phi) is 4.14. The van der Waals surface area contributed by atoms with Gasteiger partial charge in [0.15, 0.2) is 5.82 Å². The van der Waals surface area contributed by atoms with Crippen LogP contribution in [0, 0.1) is 0 Å². The van der Waals surface area contributed by atoms with E-state index in [4.69, 9.17) is 9.97 Å². The molecule has 5 aromatic rings. The number of fused-ring (bicyclic) bond motifs is 5. The summed E-state index contributed by atoms with van der Waals surface area (Å²) in [6, 6.07) is 35.7. The topological polar surface area (TPSA) is 25.8 Å². The van der Waals surface area contributed by atoms with Crippen LogP contribution >= 0.6 is 0 Å². The predicted octanol–water partition coefficient (Wildman–Crippen LogP) is 8.71. The second-order valence-corrected chi connectivity index (χ2v) is 9.46. The quantitative estimate of drug-likeness (QED) is 0.265. The lowest BCUT2D eigenvalue weighted by Gasteiger charge is -2.36. The molecule has 1 spiro atoms. The van der Waals surface area contributed by atoms with E-state index >= 15 is 0 Å². The van der Waals surface area contributed by atoms with E-state index in [-0.39, 0.29) is 0 Å². The Labute approximate surface area is 218 Å². The summed E-state index contributed by atoms with van der Waals surface area (Å²) in [6.07, 6.45) is -2.40. The molecule has 1 heterocycles. The minimum atomic E-state index is -1.77. The van der Waals surface area contributed by atoms with Crippen LogP contribution in [-0.2, 0) is 5.41 Å². The van der Waals surface area contributed by atoms with Gasteiger partial charge in [-0.05, 0) is 47.1 Å². The molecule has 2 aliphatic carbocycles. The number of nitrogens with zero attached hydrogens (tertiary/aromatic N) is 2. The summed E-state index contributed by atoms with van der Waals surface area (Å²) in [5, 5.41) is 0. The molecule has 0 radical (unpaired) electrons. The molecule has 174 valence electrons. The standard InChI is InChI=1S/C34H28N2/c1-4-12-24(13-5-1)31-23-32(25-14-6-2-7-15-25)36-33(35-31)26-18-19-28-27-16-8-9-17-29(27)34(30(28)22-26)20-10-3-11-21-34/h1-2,4-9,12-19,22-23H,3,10-11,20-21H2/i20D2,21D2. The normalized spacial score (nSPS) is 19.9. The van der Waals surface area contributed by atoms with Crippen molar-refractivity contribution in [2.75, 3.05) is 0 Å². The van der Waals surface area contributed by atoms with E-state index in [9.17, 15) is 5.48 Å². The van der Waals surface area contributed by atoms with Gasteiger partial charge in [-0.2, -0.15) is 0 Å². The van der Waals surface area contributed by atoms with Gasteiger partial charge in [-0.3, -0.25) is 0 Å². The molecule has 2 aliphatic rings. The van der Waals surface area contributed by atoms with Gasteiger partial charge < -0.3 is 0 Å². The van der Waals surface area contributed by atoms with Crippen molar-refractivity contribution >= 4 is 0 Å². The van der Waals surface area contributed by atoms with E-state index in [1.54, 1.807) is 0 Å². The molecule has 0 amide bonds. The molecular weight excluding hydrogens is 436 g/mol. The lowest BCUT2D eigenvalue weighted by Crippen LogP contribution is -2.28. The first kappa shape index (κ1) is 17.4. The monoisotopic (exact) mass is 468 g/mol. The Hall–Kier alpha value is -4.04. The average molecular weight is 469 g/mol. The summed E-state index contributed by atoms with van der Waals surface area (Å²) in [4.78, 5) is 9.96. The highest BCUT2D eigenvalue weighted by Crippen LogP contribution is 2.56. The summed E-state index contributed by atoms with van der Waals surface area (Å²) >= 11 is 0. The zero-order valence-corrected chi connectivity index (χ0v) is 19.9. The van der Waals surface area contributed by atoms with E-state index in [2.05, 4.69) is 0 Å². The number of benzene rings is 4. The Bertz CT molecular complexity index is 1660. The molecule has 0 saturated heterocycles. The van der Waals surface area contributed by atoms with Gasteiger partial charge in [0.1, 0.15) is 0 Å². The maximum atomic E-state index is 9.25. The largest absolute Gasteiger partial charge is 0.228 e. The predicted molar refractivity (Wildman–Crippen MR) is 148 cm³/mol. The van der Waals surface area contributed by atoms with Gasteiger partial charge in [-0.15, -0.1) is 0 Å². The fraction of sp³-hybridized carbons (Fsp3) is 0.176. The molecule has 36 heavy (non-hydrogen) atoms. The summed E-state index contributed by atoms with van der Waals surface area (Å²) in [7, 11) is 0. The van der Waals surface area contributed by atoms with E-state index in [0.29, 0.717) is 30.7 Å². The fourth-order valence-electron chi connectivity index (χ4n) is 5.59. The number of hydrogen-bond acceptors (Lipinski definition) is 2. The highest BCUT2D eigenvalue weighted by Gasteiger charge is 2.43. The van der Waals surface area contributed by atoms with Crippen molar-refractivity contribution in [1.29, 1.82) is 0 Å². The van der Waals surface area contributed by atoms with Gasteiger partial charge in [0.05, 0.1) is 11.4 Å². The van der Waals surface area contributed by atoms with Crippen LogP contribution in [0.2, 0.25) is 0 Å². The molecule has 0 bridgehead atoms. The van der Waals surface area contributed by atoms with Crippen LogP contribution in [-0.4, -0.2) is 9.97 Å². The van der Waals surface area contributed by atoms with Crippen LogP contribution < -0.4 is 0 Å². The number of aromatic nitrogens is 2. The van der Waals surface area contributed by atoms with Crippen molar-refractivity contribution in [1.82, 2.24) is 9.97 Å². The molecule has 0 atom stereocenters. The van der Waals surface area contributed by atoms with E-state index in [1.165, 1.54) is 0 Å². The molecule has 7 rings (SSSR count).